The van der Waals surface area contributed by atoms with Gasteiger partial charge in [0.25, 0.3) is 0 Å². The number of benzene rings is 1. The summed E-state index contributed by atoms with van der Waals surface area (Å²) < 4.78 is 6.83. The molecule has 2 aliphatic rings. The van der Waals surface area contributed by atoms with E-state index in [9.17, 15) is 4.79 Å². The Hall–Kier alpha value is -2.59. The summed E-state index contributed by atoms with van der Waals surface area (Å²) in [6, 6.07) is 7.07. The van der Waals surface area contributed by atoms with E-state index in [2.05, 4.69) is 24.0 Å². The van der Waals surface area contributed by atoms with Crippen molar-refractivity contribution in [2.75, 3.05) is 6.61 Å². The molecule has 5 rings (SSSR count). The van der Waals surface area contributed by atoms with E-state index in [4.69, 9.17) is 32.2 Å². The summed E-state index contributed by atoms with van der Waals surface area (Å²) in [6.45, 7) is 6.82. The Morgan fingerprint density at radius 1 is 1.24 bits per heavy atom. The number of halogens is 1. The Morgan fingerprint density at radius 3 is 2.56 bits per heavy atom. The number of fused-ring (bicyclic) bond motifs is 3. The van der Waals surface area contributed by atoms with Crippen LogP contribution < -0.4 is 5.73 Å². The van der Waals surface area contributed by atoms with Gasteiger partial charge in [-0.05, 0) is 57.7 Å². The average molecular weight is 502 g/mol. The molecule has 3 N–H and O–H groups in total. The lowest BCUT2D eigenvalue weighted by molar-refractivity contribution is -0.123. The minimum Gasteiger partial charge on any atom is -0.370 e. The predicted octanol–water partition coefficient (Wildman–Crippen LogP) is 4.18. The van der Waals surface area contributed by atoms with E-state index in [1.165, 1.54) is 4.88 Å². The number of aliphatic hydroxyl groups excluding tert-OH is 1. The molecule has 0 bridgehead atoms. The molecule has 2 aliphatic heterocycles. The maximum absolute atomic E-state index is 11.7. The fourth-order valence-electron chi connectivity index (χ4n) is 4.05. The summed E-state index contributed by atoms with van der Waals surface area (Å²) in [5.41, 5.74) is 9.45. The zero-order valence-electron chi connectivity index (χ0n) is 19.4. The summed E-state index contributed by atoms with van der Waals surface area (Å²) in [6.07, 6.45) is 2.65. The number of primary amides is 1. The standard InChI is InChI=1S/C19H18ClN5OS.C5H10O2/c1-9-10(2)27-19-16(9)17(12-4-6-13(20)7-5-12)22-14(8-15(21)26)18-24-23-11(3)25(18)19;6-5-3-1-2-4-7-5/h4-7,14H,8H2,1-3H3,(H2,21,26);5-6H,1-4H2. The number of thiophene rings is 1. The van der Waals surface area contributed by atoms with E-state index in [0.29, 0.717) is 10.8 Å². The topological polar surface area (TPSA) is 116 Å². The molecule has 0 aliphatic carbocycles. The second-order valence-corrected chi connectivity index (χ2v) is 10.0. The molecular formula is C24H28ClN5O3S. The monoisotopic (exact) mass is 501 g/mol. The summed E-state index contributed by atoms with van der Waals surface area (Å²) in [7, 11) is 0. The van der Waals surface area contributed by atoms with Crippen molar-refractivity contribution in [1.82, 2.24) is 14.8 Å². The van der Waals surface area contributed by atoms with Gasteiger partial charge in [0.2, 0.25) is 5.91 Å². The molecule has 2 aromatic heterocycles. The van der Waals surface area contributed by atoms with Gasteiger partial charge in [0.1, 0.15) is 16.9 Å². The van der Waals surface area contributed by atoms with E-state index in [-0.39, 0.29) is 6.42 Å². The maximum atomic E-state index is 11.7. The number of aryl methyl sites for hydroxylation is 2. The van der Waals surface area contributed by atoms with Gasteiger partial charge in [-0.1, -0.05) is 23.7 Å². The normalized spacial score (nSPS) is 19.3. The van der Waals surface area contributed by atoms with E-state index in [1.54, 1.807) is 11.3 Å². The highest BCUT2D eigenvalue weighted by atomic mass is 35.5. The SMILES string of the molecule is Cc1sc2c(c1C)C(c1ccc(Cl)cc1)=NC(CC(N)=O)c1nnc(C)n1-2.OC1CCCCO1. The Kier molecular flexibility index (Phi) is 7.47. The molecule has 2 atom stereocenters. The van der Waals surface area contributed by atoms with Crippen molar-refractivity contribution >= 4 is 34.6 Å². The van der Waals surface area contributed by atoms with Gasteiger partial charge < -0.3 is 15.6 Å². The van der Waals surface area contributed by atoms with Gasteiger partial charge >= 0.3 is 0 Å². The molecule has 0 saturated carbocycles. The van der Waals surface area contributed by atoms with Crippen molar-refractivity contribution in [3.63, 3.8) is 0 Å². The lowest BCUT2D eigenvalue weighted by Gasteiger charge is -2.16. The van der Waals surface area contributed by atoms with Gasteiger partial charge in [-0.25, -0.2) is 0 Å². The van der Waals surface area contributed by atoms with Crippen LogP contribution >= 0.6 is 22.9 Å². The average Bonchev–Trinajstić information content (AvgIpc) is 3.27. The summed E-state index contributed by atoms with van der Waals surface area (Å²) in [4.78, 5) is 17.8. The van der Waals surface area contributed by atoms with Crippen molar-refractivity contribution in [1.29, 1.82) is 0 Å². The van der Waals surface area contributed by atoms with E-state index < -0.39 is 18.2 Å². The second kappa shape index (κ2) is 10.4. The lowest BCUT2D eigenvalue weighted by atomic mass is 9.99. The zero-order valence-corrected chi connectivity index (χ0v) is 21.0. The van der Waals surface area contributed by atoms with Crippen LogP contribution in [0.1, 0.15) is 64.9 Å². The number of nitrogens with zero attached hydrogens (tertiary/aromatic N) is 4. The first-order chi connectivity index (χ1) is 16.3. The van der Waals surface area contributed by atoms with Gasteiger partial charge in [0.15, 0.2) is 12.1 Å². The first kappa shape index (κ1) is 24.5. The largest absolute Gasteiger partial charge is 0.370 e. The van der Waals surface area contributed by atoms with E-state index in [0.717, 1.165) is 59.1 Å². The third-order valence-electron chi connectivity index (χ3n) is 5.91. The number of hydrogen-bond donors (Lipinski definition) is 2. The first-order valence-corrected chi connectivity index (χ1v) is 12.4. The molecule has 10 heteroatoms. The summed E-state index contributed by atoms with van der Waals surface area (Å²) >= 11 is 7.74. The van der Waals surface area contributed by atoms with Crippen LogP contribution in [-0.4, -0.2) is 44.4 Å². The van der Waals surface area contributed by atoms with Crippen LogP contribution in [0.15, 0.2) is 29.3 Å². The number of amides is 1. The molecule has 1 amide bonds. The minimum atomic E-state index is -0.492. The first-order valence-electron chi connectivity index (χ1n) is 11.2. The van der Waals surface area contributed by atoms with Crippen LogP contribution in [0, 0.1) is 20.8 Å². The van der Waals surface area contributed by atoms with Crippen molar-refractivity contribution in [2.24, 2.45) is 10.7 Å². The highest BCUT2D eigenvalue weighted by Gasteiger charge is 2.31. The Morgan fingerprint density at radius 2 is 1.97 bits per heavy atom. The van der Waals surface area contributed by atoms with Crippen molar-refractivity contribution < 1.29 is 14.6 Å². The van der Waals surface area contributed by atoms with E-state index >= 15 is 0 Å². The number of ether oxygens (including phenoxy) is 1. The summed E-state index contributed by atoms with van der Waals surface area (Å²) in [5.74, 6) is 0.969. The third kappa shape index (κ3) is 5.07. The van der Waals surface area contributed by atoms with Crippen LogP contribution in [0.5, 0.6) is 0 Å². The second-order valence-electron chi connectivity index (χ2n) is 8.40. The van der Waals surface area contributed by atoms with Crippen molar-refractivity contribution in [3.05, 3.63) is 62.5 Å². The van der Waals surface area contributed by atoms with Gasteiger partial charge in [-0.3, -0.25) is 14.4 Å². The van der Waals surface area contributed by atoms with Gasteiger partial charge in [0, 0.05) is 27.6 Å². The number of carbonyl (C=O) groups excluding carboxylic acids is 1. The number of aliphatic hydroxyl groups is 1. The quantitative estimate of drug-likeness (QED) is 0.558. The molecule has 4 heterocycles. The van der Waals surface area contributed by atoms with Crippen LogP contribution in [0.4, 0.5) is 0 Å². The molecule has 8 nitrogen and oxygen atoms in total. The number of rotatable bonds is 3. The number of aliphatic imine (C=N–C) groups is 1. The molecular weight excluding hydrogens is 474 g/mol. The number of nitrogens with two attached hydrogens (primary N) is 1. The minimum absolute atomic E-state index is 0.0716. The number of carbonyl (C=O) groups is 1. The zero-order chi connectivity index (χ0) is 24.4. The van der Waals surface area contributed by atoms with Crippen LogP contribution in [0.3, 0.4) is 0 Å². The molecule has 180 valence electrons. The molecule has 2 unspecified atom stereocenters. The van der Waals surface area contributed by atoms with Crippen molar-refractivity contribution in [2.45, 2.75) is 58.8 Å². The molecule has 1 saturated heterocycles. The Balaban J connectivity index is 0.000000336. The van der Waals surface area contributed by atoms with Crippen LogP contribution in [-0.2, 0) is 9.53 Å². The molecule has 0 spiro atoms. The van der Waals surface area contributed by atoms with Gasteiger partial charge in [-0.2, -0.15) is 0 Å². The maximum Gasteiger partial charge on any atom is 0.220 e. The number of aromatic nitrogens is 3. The van der Waals surface area contributed by atoms with Gasteiger partial charge in [-0.15, -0.1) is 21.5 Å². The predicted molar refractivity (Wildman–Crippen MR) is 133 cm³/mol. The highest BCUT2D eigenvalue weighted by molar-refractivity contribution is 7.15. The number of hydrogen-bond acceptors (Lipinski definition) is 7. The smallest absolute Gasteiger partial charge is 0.220 e. The van der Waals surface area contributed by atoms with Gasteiger partial charge in [0.05, 0.1) is 12.1 Å². The molecule has 0 radical (unpaired) electrons. The highest BCUT2D eigenvalue weighted by Crippen LogP contribution is 2.39. The van der Waals surface area contributed by atoms with E-state index in [1.807, 2.05) is 35.8 Å². The molecule has 3 aromatic rings. The fraction of sp³-hybridized carbons (Fsp3) is 0.417. The molecule has 1 fully saturated rings. The molecule has 34 heavy (non-hydrogen) atoms. The van der Waals surface area contributed by atoms with Crippen molar-refractivity contribution in [3.8, 4) is 5.00 Å². The summed E-state index contributed by atoms with van der Waals surface area (Å²) in [5, 5.41) is 18.9. The fourth-order valence-corrected chi connectivity index (χ4v) is 5.39. The van der Waals surface area contributed by atoms with Crippen LogP contribution in [0.2, 0.25) is 5.02 Å². The lowest BCUT2D eigenvalue weighted by Crippen LogP contribution is -2.17. The molecule has 1 aromatic carbocycles. The third-order valence-corrected chi connectivity index (χ3v) is 7.35. The Labute approximate surface area is 207 Å². The van der Waals surface area contributed by atoms with Crippen LogP contribution in [0.25, 0.3) is 5.00 Å². The Bertz CT molecular complexity index is 1210.